The normalized spacial score (nSPS) is 14.4. The van der Waals surface area contributed by atoms with Gasteiger partial charge in [0.1, 0.15) is 19.3 Å². The molecule has 0 rings (SSSR count). The van der Waals surface area contributed by atoms with Crippen molar-refractivity contribution >= 4 is 19.7 Å². The average molecular weight is 1160 g/mol. The van der Waals surface area contributed by atoms with Gasteiger partial charge in [0.2, 0.25) is 5.91 Å². The van der Waals surface area contributed by atoms with Gasteiger partial charge >= 0.3 is 5.97 Å². The molecule has 0 aromatic carbocycles. The highest BCUT2D eigenvalue weighted by Crippen LogP contribution is 2.38. The lowest BCUT2D eigenvalue weighted by molar-refractivity contribution is -0.870. The van der Waals surface area contributed by atoms with Crippen molar-refractivity contribution in [1.82, 2.24) is 5.32 Å². The molecule has 0 aliphatic heterocycles. The van der Waals surface area contributed by atoms with E-state index >= 15 is 0 Å². The van der Waals surface area contributed by atoms with Gasteiger partial charge in [0, 0.05) is 12.8 Å². The van der Waals surface area contributed by atoms with Crippen LogP contribution in [0.5, 0.6) is 0 Å². The van der Waals surface area contributed by atoms with Crippen molar-refractivity contribution in [2.75, 3.05) is 40.9 Å². The van der Waals surface area contributed by atoms with Crippen LogP contribution in [-0.4, -0.2) is 69.4 Å². The Balaban J connectivity index is 5.20. The van der Waals surface area contributed by atoms with Crippen molar-refractivity contribution in [2.45, 2.75) is 283 Å². The van der Waals surface area contributed by atoms with Crippen LogP contribution in [0.25, 0.3) is 0 Å². The molecule has 9 nitrogen and oxygen atoms in total. The van der Waals surface area contributed by atoms with E-state index in [1.165, 1.54) is 135 Å². The molecule has 1 N–H and O–H groups in total. The van der Waals surface area contributed by atoms with E-state index in [0.29, 0.717) is 23.9 Å². The summed E-state index contributed by atoms with van der Waals surface area (Å²) in [6, 6.07) is -0.937. The third-order valence-corrected chi connectivity index (χ3v) is 15.1. The van der Waals surface area contributed by atoms with Crippen LogP contribution >= 0.6 is 7.82 Å². The van der Waals surface area contributed by atoms with Gasteiger partial charge in [-0.05, 0) is 109 Å². The maximum absolute atomic E-state index is 13.5. The van der Waals surface area contributed by atoms with E-state index in [1.807, 2.05) is 45.4 Å². The number of phosphoric acid groups is 1. The first-order valence-corrected chi connectivity index (χ1v) is 34.8. The standard InChI is InChI=1S/C72H125N2O7P/c1-7-10-13-16-19-22-25-28-30-32-33-34-35-36-37-38-39-40-41-42-44-47-50-53-56-59-62-65-72(76)81-70(63-60-57-54-51-48-45-27-24-21-18-15-12-9-3)69(68-80-82(77,78)79-67-66-74(4,5)6)73-71(75)64-61-58-55-52-49-46-43-31-29-26-23-20-17-14-11-8-2/h11,14,19-20,22-23,28-31,33-34,36-37,46,49,55,58,60,63,69-70H,7-10,12-13,15-18,21,24-27,32,35,38-45,47-48,50-54,56-57,59,61-62,64-68H2,1-6H3,(H-,73,75,77,78)/b14-11+,22-19-,23-20+,30-28-,31-29+,34-33-,37-36-,49-46+,58-55+,63-60-. The van der Waals surface area contributed by atoms with E-state index in [2.05, 4.69) is 123 Å². The number of carbonyl (C=O) groups excluding carboxylic acids is 2. The van der Waals surface area contributed by atoms with Crippen molar-refractivity contribution in [3.05, 3.63) is 122 Å². The van der Waals surface area contributed by atoms with Crippen molar-refractivity contribution in [3.8, 4) is 0 Å². The summed E-state index contributed by atoms with van der Waals surface area (Å²) in [6.07, 6.45) is 84.8. The maximum atomic E-state index is 13.5. The molecule has 82 heavy (non-hydrogen) atoms. The number of allylic oxidation sites excluding steroid dienone is 19. The van der Waals surface area contributed by atoms with E-state index in [0.717, 1.165) is 89.9 Å². The maximum Gasteiger partial charge on any atom is 0.306 e. The van der Waals surface area contributed by atoms with E-state index in [1.54, 1.807) is 0 Å². The Morgan fingerprint density at radius 3 is 1.22 bits per heavy atom. The molecule has 0 aromatic heterocycles. The third-order valence-electron chi connectivity index (χ3n) is 14.1. The largest absolute Gasteiger partial charge is 0.756 e. The molecule has 0 saturated carbocycles. The fraction of sp³-hybridized carbons (Fsp3) is 0.694. The Kier molecular flexibility index (Phi) is 57.9. The van der Waals surface area contributed by atoms with Crippen LogP contribution in [0.3, 0.4) is 0 Å². The first-order valence-electron chi connectivity index (χ1n) is 33.3. The molecule has 0 saturated heterocycles. The summed E-state index contributed by atoms with van der Waals surface area (Å²) < 4.78 is 30.3. The predicted molar refractivity (Wildman–Crippen MR) is 353 cm³/mol. The zero-order chi connectivity index (χ0) is 60.0. The molecular weight excluding hydrogens is 1040 g/mol. The number of hydrogen-bond donors (Lipinski definition) is 1. The van der Waals surface area contributed by atoms with Crippen molar-refractivity contribution in [1.29, 1.82) is 0 Å². The highest BCUT2D eigenvalue weighted by molar-refractivity contribution is 7.45. The summed E-state index contributed by atoms with van der Waals surface area (Å²) in [5.41, 5.74) is 0. The second-order valence-corrected chi connectivity index (χ2v) is 24.6. The highest BCUT2D eigenvalue weighted by atomic mass is 31.2. The quantitative estimate of drug-likeness (QED) is 0.0212. The third kappa shape index (κ3) is 61.0. The summed E-state index contributed by atoms with van der Waals surface area (Å²) >= 11 is 0. The summed E-state index contributed by atoms with van der Waals surface area (Å²) in [5, 5.41) is 2.98. The number of rotatable bonds is 59. The molecule has 0 aliphatic carbocycles. The Morgan fingerprint density at radius 1 is 0.439 bits per heavy atom. The fourth-order valence-corrected chi connectivity index (χ4v) is 9.75. The van der Waals surface area contributed by atoms with Gasteiger partial charge in [-0.25, -0.2) is 0 Å². The Morgan fingerprint density at radius 2 is 0.793 bits per heavy atom. The first-order chi connectivity index (χ1) is 39.9. The monoisotopic (exact) mass is 1160 g/mol. The number of unbranched alkanes of at least 4 members (excludes halogenated alkanes) is 25. The van der Waals surface area contributed by atoms with E-state index in [9.17, 15) is 19.0 Å². The van der Waals surface area contributed by atoms with Crippen molar-refractivity contribution < 1.29 is 37.3 Å². The first kappa shape index (κ1) is 78.4. The highest BCUT2D eigenvalue weighted by Gasteiger charge is 2.27. The molecule has 0 spiro atoms. The smallest absolute Gasteiger partial charge is 0.306 e. The minimum Gasteiger partial charge on any atom is -0.756 e. The van der Waals surface area contributed by atoms with Crippen LogP contribution in [0.1, 0.15) is 271 Å². The number of nitrogens with zero attached hydrogens (tertiary/aromatic N) is 1. The number of esters is 1. The van der Waals surface area contributed by atoms with Gasteiger partial charge in [0.15, 0.2) is 0 Å². The molecular formula is C72H125N2O7P. The van der Waals surface area contributed by atoms with E-state index in [4.69, 9.17) is 13.8 Å². The van der Waals surface area contributed by atoms with Gasteiger partial charge in [-0.1, -0.05) is 271 Å². The average Bonchev–Trinajstić information content (AvgIpc) is 3.45. The molecule has 1 amide bonds. The van der Waals surface area contributed by atoms with Gasteiger partial charge in [-0.3, -0.25) is 14.2 Å². The molecule has 470 valence electrons. The van der Waals surface area contributed by atoms with Gasteiger partial charge in [0.25, 0.3) is 7.82 Å². The predicted octanol–water partition coefficient (Wildman–Crippen LogP) is 20.4. The molecule has 10 heteroatoms. The summed E-state index contributed by atoms with van der Waals surface area (Å²) in [7, 11) is 1.13. The minimum absolute atomic E-state index is 0.0416. The summed E-state index contributed by atoms with van der Waals surface area (Å²) in [6.45, 7) is 6.64. The number of carbonyl (C=O) groups is 2. The topological polar surface area (TPSA) is 114 Å². The zero-order valence-electron chi connectivity index (χ0n) is 53.7. The van der Waals surface area contributed by atoms with Gasteiger partial charge < -0.3 is 28.5 Å². The fourth-order valence-electron chi connectivity index (χ4n) is 9.02. The lowest BCUT2D eigenvalue weighted by Crippen LogP contribution is -2.47. The summed E-state index contributed by atoms with van der Waals surface area (Å²) in [5.74, 6) is -0.645. The molecule has 3 atom stereocenters. The molecule has 0 bridgehead atoms. The van der Waals surface area contributed by atoms with Gasteiger partial charge in [-0.2, -0.15) is 0 Å². The molecule has 0 heterocycles. The Bertz CT molecular complexity index is 1820. The molecule has 0 aromatic rings. The molecule has 0 fully saturated rings. The SMILES string of the molecule is CC/C=C/C/C=C/C/C=C/C/C=C/C/C=C/CCC(=O)NC(COP(=O)([O-])OCC[N+](C)(C)C)C(/C=C\CCCCCCCCCCCCC)OC(=O)CCCCCCCCCCCCC/C=C\C/C=C\C/C=C\C/C=C\CCCCC. The van der Waals surface area contributed by atoms with Crippen LogP contribution in [0.4, 0.5) is 0 Å². The number of hydrogen-bond acceptors (Lipinski definition) is 7. The lowest BCUT2D eigenvalue weighted by atomic mass is 10.0. The Hall–Kier alpha value is -3.59. The number of ether oxygens (including phenoxy) is 1. The number of phosphoric ester groups is 1. The van der Waals surface area contributed by atoms with Crippen molar-refractivity contribution in [3.63, 3.8) is 0 Å². The van der Waals surface area contributed by atoms with E-state index < -0.39 is 26.6 Å². The number of amides is 1. The lowest BCUT2D eigenvalue weighted by Gasteiger charge is -2.30. The van der Waals surface area contributed by atoms with Crippen LogP contribution in [0.15, 0.2) is 122 Å². The van der Waals surface area contributed by atoms with Crippen LogP contribution in [0, 0.1) is 0 Å². The van der Waals surface area contributed by atoms with Gasteiger partial charge in [0.05, 0.1) is 33.8 Å². The number of quaternary nitrogens is 1. The van der Waals surface area contributed by atoms with Gasteiger partial charge in [-0.15, -0.1) is 0 Å². The minimum atomic E-state index is -4.73. The summed E-state index contributed by atoms with van der Waals surface area (Å²) in [4.78, 5) is 40.0. The molecule has 3 unspecified atom stereocenters. The second-order valence-electron chi connectivity index (χ2n) is 23.2. The molecule has 0 aliphatic rings. The van der Waals surface area contributed by atoms with Crippen LogP contribution < -0.4 is 10.2 Å². The van der Waals surface area contributed by atoms with Crippen LogP contribution in [-0.2, 0) is 27.9 Å². The van der Waals surface area contributed by atoms with E-state index in [-0.39, 0.29) is 31.3 Å². The zero-order valence-corrected chi connectivity index (χ0v) is 54.5. The second kappa shape index (κ2) is 60.5. The number of likely N-dealkylation sites (N-methyl/N-ethyl adjacent to an activating group) is 1. The van der Waals surface area contributed by atoms with Crippen molar-refractivity contribution in [2.24, 2.45) is 0 Å². The Labute approximate surface area is 505 Å². The van der Waals surface area contributed by atoms with Crippen LogP contribution in [0.2, 0.25) is 0 Å². The molecule has 0 radical (unpaired) electrons. The number of nitrogens with one attached hydrogen (secondary N) is 1.